The summed E-state index contributed by atoms with van der Waals surface area (Å²) in [6.07, 6.45) is 1.48. The molecule has 92 valence electrons. The number of aromatic nitrogens is 1. The van der Waals surface area contributed by atoms with Crippen LogP contribution in [-0.4, -0.2) is 21.2 Å². The van der Waals surface area contributed by atoms with Gasteiger partial charge in [0.05, 0.1) is 6.20 Å². The van der Waals surface area contributed by atoms with Crippen molar-refractivity contribution in [1.29, 1.82) is 0 Å². The molecule has 0 aliphatic heterocycles. The Hall–Kier alpha value is -2.43. The number of carboxylic acid groups (broad SMARTS) is 1. The summed E-state index contributed by atoms with van der Waals surface area (Å²) in [7, 11) is 0. The number of pyridine rings is 1. The predicted molar refractivity (Wildman–Crippen MR) is 62.1 cm³/mol. The third-order valence-electron chi connectivity index (χ3n) is 2.47. The van der Waals surface area contributed by atoms with E-state index < -0.39 is 5.97 Å². The van der Waals surface area contributed by atoms with Crippen LogP contribution in [0.1, 0.15) is 21.6 Å². The van der Waals surface area contributed by atoms with Crippen molar-refractivity contribution in [3.8, 4) is 5.75 Å². The fraction of sp³-hybridized carbons (Fsp3) is 0.0769. The molecule has 2 N–H and O–H groups in total. The number of aromatic hydroxyl groups is 1. The molecule has 0 saturated heterocycles. The van der Waals surface area contributed by atoms with Crippen LogP contribution in [0.5, 0.6) is 5.75 Å². The normalized spacial score (nSPS) is 10.3. The number of carboxylic acids is 1. The summed E-state index contributed by atoms with van der Waals surface area (Å²) in [6.45, 7) is 0. The van der Waals surface area contributed by atoms with Crippen LogP contribution in [0.3, 0.4) is 0 Å². The Morgan fingerprint density at radius 1 is 1.28 bits per heavy atom. The number of rotatable bonds is 3. The largest absolute Gasteiger partial charge is 0.505 e. The van der Waals surface area contributed by atoms with Crippen LogP contribution in [0.2, 0.25) is 0 Å². The van der Waals surface area contributed by atoms with Crippen molar-refractivity contribution in [2.24, 2.45) is 0 Å². The Morgan fingerprint density at radius 2 is 1.94 bits per heavy atom. The molecular formula is C13H10FNO3. The first-order chi connectivity index (χ1) is 8.56. The minimum absolute atomic E-state index is 0.192. The van der Waals surface area contributed by atoms with E-state index in [9.17, 15) is 14.3 Å². The van der Waals surface area contributed by atoms with Crippen LogP contribution >= 0.6 is 0 Å². The van der Waals surface area contributed by atoms with Gasteiger partial charge in [-0.2, -0.15) is 0 Å². The standard InChI is InChI=1S/C13H10FNO3/c14-9-3-1-8(2-4-9)5-10-6-11(13(17)18)12(16)7-15-10/h1-4,6-7,16H,5H2,(H,17,18). The summed E-state index contributed by atoms with van der Waals surface area (Å²) >= 11 is 0. The van der Waals surface area contributed by atoms with Gasteiger partial charge >= 0.3 is 5.97 Å². The fourth-order valence-electron chi connectivity index (χ4n) is 1.57. The molecule has 0 fully saturated rings. The third-order valence-corrected chi connectivity index (χ3v) is 2.47. The van der Waals surface area contributed by atoms with E-state index in [0.717, 1.165) is 11.8 Å². The molecule has 2 rings (SSSR count). The van der Waals surface area contributed by atoms with Crippen molar-refractivity contribution in [1.82, 2.24) is 4.98 Å². The number of halogens is 1. The molecule has 5 heteroatoms. The predicted octanol–water partition coefficient (Wildman–Crippen LogP) is 2.22. The minimum atomic E-state index is -1.21. The van der Waals surface area contributed by atoms with Crippen LogP contribution in [0.15, 0.2) is 36.5 Å². The summed E-state index contributed by atoms with van der Waals surface area (Å²) in [4.78, 5) is 14.8. The molecule has 0 saturated carbocycles. The molecule has 1 aromatic heterocycles. The van der Waals surface area contributed by atoms with Crippen LogP contribution in [0.25, 0.3) is 0 Å². The lowest BCUT2D eigenvalue weighted by atomic mass is 10.1. The summed E-state index contributed by atoms with van der Waals surface area (Å²) in [5, 5.41) is 18.2. The second kappa shape index (κ2) is 4.83. The molecule has 0 aliphatic carbocycles. The van der Waals surface area contributed by atoms with Gasteiger partial charge in [0.1, 0.15) is 17.1 Å². The molecule has 0 atom stereocenters. The van der Waals surface area contributed by atoms with E-state index in [-0.39, 0.29) is 17.1 Å². The molecule has 0 radical (unpaired) electrons. The first-order valence-electron chi connectivity index (χ1n) is 5.22. The Kier molecular flexibility index (Phi) is 3.23. The lowest BCUT2D eigenvalue weighted by Crippen LogP contribution is -2.01. The zero-order valence-electron chi connectivity index (χ0n) is 9.30. The number of hydrogen-bond donors (Lipinski definition) is 2. The molecule has 18 heavy (non-hydrogen) atoms. The zero-order chi connectivity index (χ0) is 13.1. The molecule has 0 spiro atoms. The summed E-state index contributed by atoms with van der Waals surface area (Å²) in [5.74, 6) is -1.91. The quantitative estimate of drug-likeness (QED) is 0.872. The van der Waals surface area contributed by atoms with Gasteiger partial charge in [0.15, 0.2) is 0 Å². The van der Waals surface area contributed by atoms with Gasteiger partial charge < -0.3 is 10.2 Å². The van der Waals surface area contributed by atoms with Gasteiger partial charge in [0.25, 0.3) is 0 Å². The molecule has 0 aliphatic rings. The van der Waals surface area contributed by atoms with Crippen molar-refractivity contribution in [2.75, 3.05) is 0 Å². The van der Waals surface area contributed by atoms with Gasteiger partial charge in [-0.25, -0.2) is 9.18 Å². The van der Waals surface area contributed by atoms with E-state index in [0.29, 0.717) is 12.1 Å². The molecule has 2 aromatic rings. The van der Waals surface area contributed by atoms with Crippen molar-refractivity contribution in [2.45, 2.75) is 6.42 Å². The van der Waals surface area contributed by atoms with Crippen LogP contribution in [0.4, 0.5) is 4.39 Å². The molecule has 4 nitrogen and oxygen atoms in total. The number of aromatic carboxylic acids is 1. The van der Waals surface area contributed by atoms with Gasteiger partial charge in [0, 0.05) is 12.1 Å². The summed E-state index contributed by atoms with van der Waals surface area (Å²) in [5.41, 5.74) is 1.12. The van der Waals surface area contributed by atoms with Crippen molar-refractivity contribution >= 4 is 5.97 Å². The van der Waals surface area contributed by atoms with Crippen molar-refractivity contribution < 1.29 is 19.4 Å². The highest BCUT2D eigenvalue weighted by molar-refractivity contribution is 5.90. The van der Waals surface area contributed by atoms with E-state index in [2.05, 4.69) is 4.98 Å². The van der Waals surface area contributed by atoms with Gasteiger partial charge in [-0.05, 0) is 23.8 Å². The Morgan fingerprint density at radius 3 is 2.56 bits per heavy atom. The lowest BCUT2D eigenvalue weighted by molar-refractivity contribution is 0.0693. The lowest BCUT2D eigenvalue weighted by Gasteiger charge is -2.04. The zero-order valence-corrected chi connectivity index (χ0v) is 9.30. The van der Waals surface area contributed by atoms with Crippen LogP contribution in [0, 0.1) is 5.82 Å². The maximum atomic E-state index is 12.7. The van der Waals surface area contributed by atoms with E-state index in [4.69, 9.17) is 5.11 Å². The molecular weight excluding hydrogens is 237 g/mol. The molecule has 1 heterocycles. The smallest absolute Gasteiger partial charge is 0.339 e. The average molecular weight is 247 g/mol. The van der Waals surface area contributed by atoms with E-state index in [1.807, 2.05) is 0 Å². The Balaban J connectivity index is 2.27. The Labute approximate surface area is 102 Å². The average Bonchev–Trinajstić information content (AvgIpc) is 2.34. The Bertz CT molecular complexity index is 581. The minimum Gasteiger partial charge on any atom is -0.505 e. The highest BCUT2D eigenvalue weighted by atomic mass is 19.1. The molecule has 0 amide bonds. The SMILES string of the molecule is O=C(O)c1cc(Cc2ccc(F)cc2)ncc1O. The van der Waals surface area contributed by atoms with Gasteiger partial charge in [-0.1, -0.05) is 12.1 Å². The molecule has 1 aromatic carbocycles. The monoisotopic (exact) mass is 247 g/mol. The molecule has 0 unspecified atom stereocenters. The summed E-state index contributed by atoms with van der Waals surface area (Å²) < 4.78 is 12.7. The van der Waals surface area contributed by atoms with Crippen molar-refractivity contribution in [3.63, 3.8) is 0 Å². The first kappa shape index (κ1) is 12.0. The number of hydrogen-bond acceptors (Lipinski definition) is 3. The highest BCUT2D eigenvalue weighted by Crippen LogP contribution is 2.18. The van der Waals surface area contributed by atoms with Crippen LogP contribution in [-0.2, 0) is 6.42 Å². The maximum Gasteiger partial charge on any atom is 0.339 e. The number of benzene rings is 1. The number of carbonyl (C=O) groups is 1. The highest BCUT2D eigenvalue weighted by Gasteiger charge is 2.11. The number of nitrogens with zero attached hydrogens (tertiary/aromatic N) is 1. The molecule has 0 bridgehead atoms. The second-order valence-corrected chi connectivity index (χ2v) is 3.80. The fourth-order valence-corrected chi connectivity index (χ4v) is 1.57. The second-order valence-electron chi connectivity index (χ2n) is 3.80. The van der Waals surface area contributed by atoms with Gasteiger partial charge in [0.2, 0.25) is 0 Å². The van der Waals surface area contributed by atoms with E-state index in [1.165, 1.54) is 18.2 Å². The van der Waals surface area contributed by atoms with Gasteiger partial charge in [-0.3, -0.25) is 4.98 Å². The van der Waals surface area contributed by atoms with Crippen LogP contribution < -0.4 is 0 Å². The maximum absolute atomic E-state index is 12.7. The third kappa shape index (κ3) is 2.63. The van der Waals surface area contributed by atoms with E-state index in [1.54, 1.807) is 12.1 Å². The van der Waals surface area contributed by atoms with Gasteiger partial charge in [-0.15, -0.1) is 0 Å². The first-order valence-corrected chi connectivity index (χ1v) is 5.22. The van der Waals surface area contributed by atoms with Crippen molar-refractivity contribution in [3.05, 3.63) is 59.2 Å². The van der Waals surface area contributed by atoms with E-state index >= 15 is 0 Å². The summed E-state index contributed by atoms with van der Waals surface area (Å²) in [6, 6.07) is 7.16. The topological polar surface area (TPSA) is 70.4 Å².